The highest BCUT2D eigenvalue weighted by atomic mass is 16.5. The summed E-state index contributed by atoms with van der Waals surface area (Å²) in [5, 5.41) is 7.73. The number of morpholine rings is 1. The summed E-state index contributed by atoms with van der Waals surface area (Å²) < 4.78 is 11.1. The van der Waals surface area contributed by atoms with E-state index >= 15 is 0 Å². The molecule has 1 aromatic heterocycles. The van der Waals surface area contributed by atoms with E-state index in [0.717, 1.165) is 64.7 Å². The summed E-state index contributed by atoms with van der Waals surface area (Å²) in [4.78, 5) is 5.08. The van der Waals surface area contributed by atoms with E-state index in [2.05, 4.69) is 38.2 Å². The fraction of sp³-hybridized carbons (Fsp3) is 0.591. The molecule has 0 amide bonds. The summed E-state index contributed by atoms with van der Waals surface area (Å²) in [6, 6.07) is 6.72. The van der Waals surface area contributed by atoms with Crippen molar-refractivity contribution in [3.8, 4) is 5.75 Å². The summed E-state index contributed by atoms with van der Waals surface area (Å²) in [7, 11) is 0. The van der Waals surface area contributed by atoms with Gasteiger partial charge >= 0.3 is 0 Å². The van der Waals surface area contributed by atoms with Gasteiger partial charge in [-0.2, -0.15) is 5.10 Å². The Labute approximate surface area is 166 Å². The predicted molar refractivity (Wildman–Crippen MR) is 108 cm³/mol. The highest BCUT2D eigenvalue weighted by Gasteiger charge is 2.26. The van der Waals surface area contributed by atoms with Crippen LogP contribution in [-0.2, 0) is 24.2 Å². The van der Waals surface area contributed by atoms with Gasteiger partial charge in [0.1, 0.15) is 5.75 Å². The molecule has 5 rings (SSSR count). The number of fused-ring (bicyclic) bond motifs is 1. The van der Waals surface area contributed by atoms with Crippen LogP contribution in [0.15, 0.2) is 24.4 Å². The zero-order valence-corrected chi connectivity index (χ0v) is 16.5. The van der Waals surface area contributed by atoms with E-state index in [9.17, 15) is 0 Å². The molecule has 1 aromatic carbocycles. The van der Waals surface area contributed by atoms with E-state index in [1.165, 1.54) is 41.8 Å². The zero-order chi connectivity index (χ0) is 18.8. The number of H-pyrrole nitrogens is 1. The molecule has 1 atom stereocenters. The normalized spacial score (nSPS) is 23.5. The van der Waals surface area contributed by atoms with Crippen molar-refractivity contribution in [3.63, 3.8) is 0 Å². The third-order valence-corrected chi connectivity index (χ3v) is 6.32. The van der Waals surface area contributed by atoms with Crippen LogP contribution in [0.5, 0.6) is 5.75 Å². The first-order chi connectivity index (χ1) is 13.8. The van der Waals surface area contributed by atoms with Crippen molar-refractivity contribution in [1.29, 1.82) is 0 Å². The first kappa shape index (κ1) is 18.2. The molecule has 2 aromatic rings. The van der Waals surface area contributed by atoms with Gasteiger partial charge in [0.15, 0.2) is 0 Å². The van der Waals surface area contributed by atoms with Crippen molar-refractivity contribution in [3.05, 3.63) is 46.8 Å². The van der Waals surface area contributed by atoms with Crippen LogP contribution in [0.4, 0.5) is 0 Å². The van der Waals surface area contributed by atoms with Crippen molar-refractivity contribution < 1.29 is 9.47 Å². The number of ether oxygens (including phenoxy) is 2. The third-order valence-electron chi connectivity index (χ3n) is 6.32. The number of piperidine rings is 1. The molecule has 0 spiro atoms. The van der Waals surface area contributed by atoms with Gasteiger partial charge in [0.2, 0.25) is 0 Å². The fourth-order valence-electron chi connectivity index (χ4n) is 4.83. The molecule has 0 unspecified atom stereocenters. The Morgan fingerprint density at radius 2 is 2.00 bits per heavy atom. The summed E-state index contributed by atoms with van der Waals surface area (Å²) in [6.07, 6.45) is 5.57. The Hall–Kier alpha value is -1.89. The topological polar surface area (TPSA) is 53.6 Å². The van der Waals surface area contributed by atoms with E-state index in [1.807, 2.05) is 6.20 Å². The average Bonchev–Trinajstić information content (AvgIpc) is 3.38. The third kappa shape index (κ3) is 3.95. The molecule has 0 bridgehead atoms. The van der Waals surface area contributed by atoms with Crippen LogP contribution in [0, 0.1) is 0 Å². The molecule has 0 radical (unpaired) electrons. The SMILES string of the molecule is c1cc2c(cc1CN1CCC[C@@H](c3[nH]ncc3CN3CCOCC3)C1)CCO2. The van der Waals surface area contributed by atoms with Crippen LogP contribution in [0.3, 0.4) is 0 Å². The molecule has 2 saturated heterocycles. The maximum Gasteiger partial charge on any atom is 0.122 e. The molecule has 150 valence electrons. The lowest BCUT2D eigenvalue weighted by molar-refractivity contribution is 0.0339. The molecule has 2 fully saturated rings. The number of hydrogen-bond donors (Lipinski definition) is 1. The number of likely N-dealkylation sites (tertiary alicyclic amines) is 1. The minimum absolute atomic E-state index is 0.546. The summed E-state index contributed by atoms with van der Waals surface area (Å²) in [5.41, 5.74) is 5.48. The monoisotopic (exact) mass is 382 g/mol. The lowest BCUT2D eigenvalue weighted by Crippen LogP contribution is -2.37. The number of aromatic amines is 1. The van der Waals surface area contributed by atoms with Crippen LogP contribution in [0.25, 0.3) is 0 Å². The summed E-state index contributed by atoms with van der Waals surface area (Å²) in [5.74, 6) is 1.62. The number of nitrogens with zero attached hydrogens (tertiary/aromatic N) is 3. The molecule has 6 heteroatoms. The molecular weight excluding hydrogens is 352 g/mol. The first-order valence-electron chi connectivity index (χ1n) is 10.6. The van der Waals surface area contributed by atoms with Crippen LogP contribution in [-0.4, -0.2) is 66.0 Å². The number of hydrogen-bond acceptors (Lipinski definition) is 5. The molecule has 0 saturated carbocycles. The first-order valence-corrected chi connectivity index (χ1v) is 10.6. The van der Waals surface area contributed by atoms with Crippen molar-refractivity contribution in [2.45, 2.75) is 38.3 Å². The number of aromatic nitrogens is 2. The van der Waals surface area contributed by atoms with Crippen molar-refractivity contribution >= 4 is 0 Å². The highest BCUT2D eigenvalue weighted by Crippen LogP contribution is 2.31. The Morgan fingerprint density at radius 1 is 1.07 bits per heavy atom. The average molecular weight is 383 g/mol. The largest absolute Gasteiger partial charge is 0.493 e. The zero-order valence-electron chi connectivity index (χ0n) is 16.5. The van der Waals surface area contributed by atoms with Crippen molar-refractivity contribution in [1.82, 2.24) is 20.0 Å². The molecule has 0 aliphatic carbocycles. The second-order valence-electron chi connectivity index (χ2n) is 8.31. The summed E-state index contributed by atoms with van der Waals surface area (Å²) >= 11 is 0. The van der Waals surface area contributed by atoms with Gasteiger partial charge in [-0.15, -0.1) is 0 Å². The number of benzene rings is 1. The fourth-order valence-corrected chi connectivity index (χ4v) is 4.83. The van der Waals surface area contributed by atoms with Crippen LogP contribution < -0.4 is 4.74 Å². The van der Waals surface area contributed by atoms with Gasteiger partial charge in [-0.25, -0.2) is 0 Å². The van der Waals surface area contributed by atoms with E-state index in [0.29, 0.717) is 5.92 Å². The van der Waals surface area contributed by atoms with Crippen LogP contribution in [0.2, 0.25) is 0 Å². The standard InChI is InChI=1S/C22H30N4O2/c1-2-19(22-20(13-23-24-22)16-25-7-10-27-11-8-25)15-26(6-1)14-17-3-4-21-18(12-17)5-9-28-21/h3-4,12-13,19H,1-2,5-11,14-16H2,(H,23,24)/t19-/m1/s1. The lowest BCUT2D eigenvalue weighted by atomic mass is 9.92. The summed E-state index contributed by atoms with van der Waals surface area (Å²) in [6.45, 7) is 8.84. The Balaban J connectivity index is 1.24. The van der Waals surface area contributed by atoms with Gasteiger partial charge in [0.05, 0.1) is 26.0 Å². The quantitative estimate of drug-likeness (QED) is 0.861. The second kappa shape index (κ2) is 8.23. The molecule has 28 heavy (non-hydrogen) atoms. The van der Waals surface area contributed by atoms with E-state index in [1.54, 1.807) is 0 Å². The van der Waals surface area contributed by atoms with Crippen molar-refractivity contribution in [2.24, 2.45) is 0 Å². The molecule has 3 aliphatic rings. The second-order valence-corrected chi connectivity index (χ2v) is 8.31. The molecule has 1 N–H and O–H groups in total. The van der Waals surface area contributed by atoms with Gasteiger partial charge in [0.25, 0.3) is 0 Å². The van der Waals surface area contributed by atoms with E-state index in [-0.39, 0.29) is 0 Å². The molecular formula is C22H30N4O2. The highest BCUT2D eigenvalue weighted by molar-refractivity contribution is 5.39. The van der Waals surface area contributed by atoms with Gasteiger partial charge in [-0.1, -0.05) is 12.1 Å². The van der Waals surface area contributed by atoms with E-state index < -0.39 is 0 Å². The Kier molecular flexibility index (Phi) is 5.34. The predicted octanol–water partition coefficient (Wildman–Crippen LogP) is 2.56. The van der Waals surface area contributed by atoms with Crippen LogP contribution >= 0.6 is 0 Å². The molecule has 4 heterocycles. The van der Waals surface area contributed by atoms with Gasteiger partial charge in [0, 0.05) is 56.3 Å². The molecule has 6 nitrogen and oxygen atoms in total. The van der Waals surface area contributed by atoms with E-state index in [4.69, 9.17) is 9.47 Å². The van der Waals surface area contributed by atoms with Crippen LogP contribution in [0.1, 0.15) is 41.1 Å². The maximum absolute atomic E-state index is 5.65. The minimum Gasteiger partial charge on any atom is -0.493 e. The minimum atomic E-state index is 0.546. The number of nitrogens with one attached hydrogen (secondary N) is 1. The smallest absolute Gasteiger partial charge is 0.122 e. The van der Waals surface area contributed by atoms with Gasteiger partial charge < -0.3 is 9.47 Å². The Morgan fingerprint density at radius 3 is 2.93 bits per heavy atom. The maximum atomic E-state index is 5.65. The molecule has 3 aliphatic heterocycles. The number of rotatable bonds is 5. The lowest BCUT2D eigenvalue weighted by Gasteiger charge is -2.33. The van der Waals surface area contributed by atoms with Gasteiger partial charge in [-0.3, -0.25) is 14.9 Å². The van der Waals surface area contributed by atoms with Crippen molar-refractivity contribution in [2.75, 3.05) is 46.0 Å². The Bertz CT molecular complexity index is 800. The van der Waals surface area contributed by atoms with Gasteiger partial charge in [-0.05, 0) is 36.6 Å².